The summed E-state index contributed by atoms with van der Waals surface area (Å²) in [4.78, 5) is 25.6. The molecule has 1 aliphatic heterocycles. The zero-order valence-electron chi connectivity index (χ0n) is 11.5. The third kappa shape index (κ3) is 2.84. The summed E-state index contributed by atoms with van der Waals surface area (Å²) in [6.07, 6.45) is 2.70. The minimum absolute atomic E-state index is 0.304. The van der Waals surface area contributed by atoms with Crippen LogP contribution in [0.25, 0.3) is 0 Å². The van der Waals surface area contributed by atoms with Gasteiger partial charge in [-0.3, -0.25) is 14.3 Å². The first-order valence-corrected chi connectivity index (χ1v) is 6.55. The van der Waals surface area contributed by atoms with E-state index in [4.69, 9.17) is 4.74 Å². The predicted octanol–water partition coefficient (Wildman–Crippen LogP) is -2.31. The Morgan fingerprint density at radius 3 is 2.74 bits per heavy atom. The van der Waals surface area contributed by atoms with Crippen LogP contribution in [0.1, 0.15) is 31.6 Å². The number of hydrogen-bond acceptors (Lipinski definition) is 4. The lowest BCUT2D eigenvalue weighted by molar-refractivity contribution is -0.0503. The van der Waals surface area contributed by atoms with Gasteiger partial charge in [0.25, 0.3) is 5.56 Å². The van der Waals surface area contributed by atoms with Gasteiger partial charge in [-0.15, -0.1) is 0 Å². The lowest BCUT2D eigenvalue weighted by Crippen LogP contribution is -2.43. The van der Waals surface area contributed by atoms with Crippen LogP contribution in [-0.2, 0) is 11.2 Å². The second kappa shape index (κ2) is 5.02. The predicted molar refractivity (Wildman–Crippen MR) is 75.9 cm³/mol. The molecule has 0 bridgehead atoms. The van der Waals surface area contributed by atoms with E-state index in [2.05, 4.69) is 4.98 Å². The van der Waals surface area contributed by atoms with Crippen LogP contribution in [0.4, 0.5) is 0 Å². The zero-order chi connectivity index (χ0) is 14.2. The monoisotopic (exact) mass is 264 g/mol. The molecule has 0 aromatic carbocycles. The zero-order valence-corrected chi connectivity index (χ0v) is 11.5. The van der Waals surface area contributed by atoms with Crippen molar-refractivity contribution in [2.24, 2.45) is 0 Å². The first-order valence-electron chi connectivity index (χ1n) is 6.55. The summed E-state index contributed by atoms with van der Waals surface area (Å²) >= 11 is 0. The maximum Gasteiger partial charge on any atom is 0.330 e. The van der Waals surface area contributed by atoms with Crippen LogP contribution in [0.15, 0.2) is 15.8 Å². The number of nitrogens with zero attached hydrogens (tertiary/aromatic N) is 1. The number of ether oxygens (including phenoxy) is 1. The van der Waals surface area contributed by atoms with Crippen molar-refractivity contribution in [3.05, 3.63) is 32.6 Å². The molecular formula is C11H18B2N2O4. The topological polar surface area (TPSA) is 84.3 Å². The molecule has 0 radical (unpaired) electrons. The van der Waals surface area contributed by atoms with E-state index >= 15 is 0 Å². The van der Waals surface area contributed by atoms with Gasteiger partial charge in [-0.25, -0.2) is 4.79 Å². The van der Waals surface area contributed by atoms with Crippen molar-refractivity contribution in [2.75, 3.05) is 0 Å². The van der Waals surface area contributed by atoms with Crippen LogP contribution >= 0.6 is 0 Å². The number of H-pyrrole nitrogens is 1. The van der Waals surface area contributed by atoms with E-state index in [0.717, 1.165) is 0 Å². The van der Waals surface area contributed by atoms with E-state index in [-0.39, 0.29) is 11.7 Å². The first kappa shape index (κ1) is 14.1. The van der Waals surface area contributed by atoms with Crippen molar-refractivity contribution < 1.29 is 9.84 Å². The van der Waals surface area contributed by atoms with E-state index in [1.807, 2.05) is 6.92 Å². The molecule has 2 unspecified atom stereocenters. The van der Waals surface area contributed by atoms with E-state index in [0.29, 0.717) is 24.8 Å². The molecule has 1 fully saturated rings. The van der Waals surface area contributed by atoms with Crippen molar-refractivity contribution in [1.82, 2.24) is 9.55 Å². The van der Waals surface area contributed by atoms with Gasteiger partial charge >= 0.3 is 5.69 Å². The number of nitrogens with one attached hydrogen (secondary N) is 1. The molecular weight excluding hydrogens is 246 g/mol. The van der Waals surface area contributed by atoms with Crippen molar-refractivity contribution in [1.29, 1.82) is 0 Å². The minimum atomic E-state index is -0.936. The van der Waals surface area contributed by atoms with Crippen LogP contribution in [0.5, 0.6) is 0 Å². The summed E-state index contributed by atoms with van der Waals surface area (Å²) in [5, 5.41) is 8.99. The van der Waals surface area contributed by atoms with Crippen LogP contribution in [0.2, 0.25) is 0 Å². The molecule has 6 nitrogen and oxygen atoms in total. The molecule has 0 amide bonds. The minimum Gasteiger partial charge on any atom is -0.405 e. The second-order valence-electron chi connectivity index (χ2n) is 5.48. The van der Waals surface area contributed by atoms with Crippen LogP contribution in [0.3, 0.4) is 0 Å². The van der Waals surface area contributed by atoms with Gasteiger partial charge in [0.05, 0.1) is 6.10 Å². The highest BCUT2D eigenvalue weighted by Crippen LogP contribution is 2.30. The molecule has 8 heteroatoms. The average Bonchev–Trinajstić information content (AvgIpc) is 2.78. The molecule has 1 aliphatic rings. The summed E-state index contributed by atoms with van der Waals surface area (Å²) in [5.41, 5.74) is -0.265. The molecule has 19 heavy (non-hydrogen) atoms. The highest BCUT2D eigenvalue weighted by Gasteiger charge is 2.36. The van der Waals surface area contributed by atoms with E-state index in [1.54, 1.807) is 21.9 Å². The van der Waals surface area contributed by atoms with Gasteiger partial charge in [-0.2, -0.15) is 0 Å². The molecule has 2 atom stereocenters. The average molecular weight is 264 g/mol. The molecule has 1 aromatic rings. The van der Waals surface area contributed by atoms with Crippen LogP contribution in [0, 0.1) is 0 Å². The Hall–Kier alpha value is -1.27. The number of aryl methyl sites for hydroxylation is 1. The van der Waals surface area contributed by atoms with Crippen molar-refractivity contribution in [3.63, 3.8) is 0 Å². The Bertz CT molecular complexity index is 575. The van der Waals surface area contributed by atoms with Crippen molar-refractivity contribution in [3.8, 4) is 0 Å². The van der Waals surface area contributed by atoms with Gasteiger partial charge in [0, 0.05) is 17.2 Å². The van der Waals surface area contributed by atoms with Crippen molar-refractivity contribution in [2.45, 2.75) is 43.9 Å². The third-order valence-electron chi connectivity index (χ3n) is 3.52. The first-order chi connectivity index (χ1) is 8.82. The fourth-order valence-corrected chi connectivity index (χ4v) is 2.34. The van der Waals surface area contributed by atoms with Gasteiger partial charge in [0.15, 0.2) is 0 Å². The number of aromatic amines is 1. The SMILES string of the molecule is BC(B)(O)C1CCC(n2cc(CC)c(=O)[nH]c2=O)O1. The lowest BCUT2D eigenvalue weighted by Gasteiger charge is -2.26. The lowest BCUT2D eigenvalue weighted by atomic mass is 9.61. The van der Waals surface area contributed by atoms with Crippen LogP contribution < -0.4 is 11.2 Å². The Morgan fingerprint density at radius 1 is 1.53 bits per heavy atom. The Kier molecular flexibility index (Phi) is 3.73. The molecule has 2 N–H and O–H groups in total. The Labute approximate surface area is 112 Å². The maximum absolute atomic E-state index is 11.8. The largest absolute Gasteiger partial charge is 0.405 e. The summed E-state index contributed by atoms with van der Waals surface area (Å²) in [6, 6.07) is 0. The van der Waals surface area contributed by atoms with E-state index < -0.39 is 17.3 Å². The molecule has 2 rings (SSSR count). The molecule has 0 aliphatic carbocycles. The van der Waals surface area contributed by atoms with Crippen LogP contribution in [-0.4, -0.2) is 41.9 Å². The summed E-state index contributed by atoms with van der Waals surface area (Å²) in [6.45, 7) is 1.86. The normalized spacial score (nSPS) is 23.7. The number of hydrogen-bond donors (Lipinski definition) is 2. The standard InChI is InChI=1S/C11H18B2N2O4/c1-2-6-5-15(10(17)14-9(6)16)8-4-3-7(19-8)11(12,13)18/h5,7-8,18H,2-4,12-13H2,1H3,(H,14,16,17). The highest BCUT2D eigenvalue weighted by molar-refractivity contribution is 6.39. The fourth-order valence-electron chi connectivity index (χ4n) is 2.34. The summed E-state index contributed by atoms with van der Waals surface area (Å²) < 4.78 is 7.13. The number of aromatic nitrogens is 2. The van der Waals surface area contributed by atoms with Gasteiger partial charge in [0.2, 0.25) is 0 Å². The Morgan fingerprint density at radius 2 is 2.21 bits per heavy atom. The Balaban J connectivity index is 2.30. The fraction of sp³-hybridized carbons (Fsp3) is 0.636. The number of rotatable bonds is 3. The van der Waals surface area contributed by atoms with Gasteiger partial charge in [-0.1, -0.05) is 6.92 Å². The number of aliphatic hydroxyl groups is 1. The smallest absolute Gasteiger partial charge is 0.330 e. The molecule has 0 saturated carbocycles. The highest BCUT2D eigenvalue weighted by atomic mass is 16.5. The van der Waals surface area contributed by atoms with Gasteiger partial charge in [-0.05, 0) is 19.3 Å². The third-order valence-corrected chi connectivity index (χ3v) is 3.52. The molecule has 1 aromatic heterocycles. The van der Waals surface area contributed by atoms with Gasteiger partial charge < -0.3 is 9.84 Å². The molecule has 102 valence electrons. The molecule has 2 heterocycles. The quantitative estimate of drug-likeness (QED) is 0.601. The molecule has 1 saturated heterocycles. The van der Waals surface area contributed by atoms with E-state index in [1.165, 1.54) is 4.57 Å². The second-order valence-corrected chi connectivity index (χ2v) is 5.48. The summed E-state index contributed by atoms with van der Waals surface area (Å²) in [7, 11) is 3.38. The van der Waals surface area contributed by atoms with E-state index in [9.17, 15) is 14.7 Å². The van der Waals surface area contributed by atoms with Crippen molar-refractivity contribution >= 4 is 15.7 Å². The van der Waals surface area contributed by atoms with Gasteiger partial charge in [0.1, 0.15) is 21.9 Å². The molecule has 0 spiro atoms. The maximum atomic E-state index is 11.8. The summed E-state index contributed by atoms with van der Waals surface area (Å²) in [5.74, 6) is 0.